The monoisotopic (exact) mass is 363 g/mol. The molecule has 0 bridgehead atoms. The second kappa shape index (κ2) is 6.74. The third kappa shape index (κ3) is 3.83. The van der Waals surface area contributed by atoms with E-state index >= 15 is 0 Å². The van der Waals surface area contributed by atoms with Crippen molar-refractivity contribution in [1.29, 1.82) is 0 Å². The molecule has 3 aromatic heterocycles. The van der Waals surface area contributed by atoms with Crippen LogP contribution in [0.5, 0.6) is 0 Å². The maximum atomic E-state index is 4.77. The summed E-state index contributed by atoms with van der Waals surface area (Å²) in [5.41, 5.74) is 4.94. The average molecular weight is 363 g/mol. The van der Waals surface area contributed by atoms with Gasteiger partial charge in [-0.3, -0.25) is 0 Å². The highest BCUT2D eigenvalue weighted by Gasteiger charge is 2.20. The Balaban J connectivity index is 1.72. The predicted molar refractivity (Wildman–Crippen MR) is 106 cm³/mol. The smallest absolute Gasteiger partial charge is 0.222 e. The standard InChI is InChI=1S/C20H25N7/c1-13-9-14(16-6-8-27-18(25-16)5-7-24-27)15-10-22-19(23-12-20(2,3)4)26-17(15)11-21-13/h5-10,13,21H,11-12H2,1-4H3,(H,22,23,26)/t13-/m1/s1. The first-order chi connectivity index (χ1) is 12.9. The number of rotatable bonds is 3. The van der Waals surface area contributed by atoms with Crippen LogP contribution in [-0.2, 0) is 6.54 Å². The van der Waals surface area contributed by atoms with E-state index in [-0.39, 0.29) is 11.5 Å². The molecule has 4 rings (SSSR count). The average Bonchev–Trinajstić information content (AvgIpc) is 3.03. The molecule has 3 aromatic rings. The summed E-state index contributed by atoms with van der Waals surface area (Å²) in [5, 5.41) is 11.1. The molecule has 0 aromatic carbocycles. The van der Waals surface area contributed by atoms with Crippen molar-refractivity contribution < 1.29 is 0 Å². The Labute approximate surface area is 159 Å². The fourth-order valence-electron chi connectivity index (χ4n) is 3.05. The van der Waals surface area contributed by atoms with E-state index in [1.165, 1.54) is 0 Å². The summed E-state index contributed by atoms with van der Waals surface area (Å²) in [7, 11) is 0. The molecule has 7 nitrogen and oxygen atoms in total. The minimum Gasteiger partial charge on any atom is -0.354 e. The second-order valence-electron chi connectivity index (χ2n) is 8.16. The minimum absolute atomic E-state index is 0.165. The zero-order chi connectivity index (χ0) is 19.0. The number of hydrogen-bond donors (Lipinski definition) is 2. The Bertz CT molecular complexity index is 997. The van der Waals surface area contributed by atoms with Gasteiger partial charge in [0.2, 0.25) is 5.95 Å². The molecule has 1 aliphatic heterocycles. The number of anilines is 1. The Morgan fingerprint density at radius 2 is 2.11 bits per heavy atom. The largest absolute Gasteiger partial charge is 0.354 e. The van der Waals surface area contributed by atoms with E-state index < -0.39 is 0 Å². The van der Waals surface area contributed by atoms with E-state index in [1.54, 1.807) is 10.7 Å². The van der Waals surface area contributed by atoms with Crippen LogP contribution >= 0.6 is 0 Å². The molecule has 4 heterocycles. The van der Waals surface area contributed by atoms with Gasteiger partial charge in [-0.05, 0) is 18.4 Å². The zero-order valence-electron chi connectivity index (χ0n) is 16.2. The summed E-state index contributed by atoms with van der Waals surface area (Å²) >= 11 is 0. The summed E-state index contributed by atoms with van der Waals surface area (Å²) in [5.74, 6) is 0.665. The van der Waals surface area contributed by atoms with E-state index in [9.17, 15) is 0 Å². The van der Waals surface area contributed by atoms with Gasteiger partial charge in [0.25, 0.3) is 0 Å². The number of hydrogen-bond acceptors (Lipinski definition) is 6. The third-order valence-corrected chi connectivity index (χ3v) is 4.48. The first-order valence-corrected chi connectivity index (χ1v) is 9.25. The fraction of sp³-hybridized carbons (Fsp3) is 0.400. The van der Waals surface area contributed by atoms with E-state index in [1.807, 2.05) is 24.5 Å². The van der Waals surface area contributed by atoms with Crippen molar-refractivity contribution in [3.63, 3.8) is 0 Å². The van der Waals surface area contributed by atoms with E-state index in [2.05, 4.69) is 54.5 Å². The molecule has 1 atom stereocenters. The Morgan fingerprint density at radius 3 is 2.93 bits per heavy atom. The summed E-state index contributed by atoms with van der Waals surface area (Å²) in [6, 6.07) is 4.10. The van der Waals surface area contributed by atoms with Crippen LogP contribution < -0.4 is 10.6 Å². The van der Waals surface area contributed by atoms with Gasteiger partial charge in [-0.1, -0.05) is 26.8 Å². The van der Waals surface area contributed by atoms with E-state index in [4.69, 9.17) is 9.97 Å². The van der Waals surface area contributed by atoms with Crippen LogP contribution in [0.4, 0.5) is 5.95 Å². The fourth-order valence-corrected chi connectivity index (χ4v) is 3.05. The molecule has 0 saturated heterocycles. The molecule has 0 aliphatic carbocycles. The van der Waals surface area contributed by atoms with Crippen molar-refractivity contribution >= 4 is 17.2 Å². The van der Waals surface area contributed by atoms with Crippen LogP contribution in [0.3, 0.4) is 0 Å². The van der Waals surface area contributed by atoms with Crippen LogP contribution in [0.15, 0.2) is 36.8 Å². The zero-order valence-corrected chi connectivity index (χ0v) is 16.2. The van der Waals surface area contributed by atoms with Gasteiger partial charge in [0.15, 0.2) is 5.65 Å². The molecule has 2 N–H and O–H groups in total. The Hall–Kier alpha value is -2.80. The van der Waals surface area contributed by atoms with Gasteiger partial charge in [0, 0.05) is 48.7 Å². The lowest BCUT2D eigenvalue weighted by molar-refractivity contribution is 0.441. The Morgan fingerprint density at radius 1 is 1.26 bits per heavy atom. The lowest BCUT2D eigenvalue weighted by atomic mass is 9.97. The SMILES string of the molecule is C[C@@H]1C=C(c2ccn3nccc3n2)c2cnc(NCC(C)(C)C)nc2CN1. The first kappa shape index (κ1) is 17.6. The van der Waals surface area contributed by atoms with Gasteiger partial charge in [0.1, 0.15) is 0 Å². The lowest BCUT2D eigenvalue weighted by Gasteiger charge is -2.19. The van der Waals surface area contributed by atoms with Gasteiger partial charge in [-0.2, -0.15) is 5.10 Å². The second-order valence-corrected chi connectivity index (χ2v) is 8.16. The summed E-state index contributed by atoms with van der Waals surface area (Å²) in [6.07, 6.45) is 7.77. The van der Waals surface area contributed by atoms with Gasteiger partial charge in [0.05, 0.1) is 17.6 Å². The quantitative estimate of drug-likeness (QED) is 0.745. The molecular formula is C20H25N7. The molecular weight excluding hydrogens is 338 g/mol. The van der Waals surface area contributed by atoms with Gasteiger partial charge in [-0.25, -0.2) is 19.5 Å². The van der Waals surface area contributed by atoms with Crippen molar-refractivity contribution in [2.45, 2.75) is 40.3 Å². The van der Waals surface area contributed by atoms with Crippen LogP contribution in [0, 0.1) is 5.41 Å². The maximum Gasteiger partial charge on any atom is 0.222 e. The van der Waals surface area contributed by atoms with Crippen molar-refractivity contribution in [2.75, 3.05) is 11.9 Å². The van der Waals surface area contributed by atoms with Crippen molar-refractivity contribution in [2.24, 2.45) is 5.41 Å². The third-order valence-electron chi connectivity index (χ3n) is 4.48. The number of nitrogens with zero attached hydrogens (tertiary/aromatic N) is 5. The molecule has 7 heteroatoms. The molecule has 0 fully saturated rings. The normalized spacial score (nSPS) is 17.3. The molecule has 27 heavy (non-hydrogen) atoms. The topological polar surface area (TPSA) is 80.0 Å². The molecule has 0 spiro atoms. The first-order valence-electron chi connectivity index (χ1n) is 9.25. The molecule has 140 valence electrons. The summed E-state index contributed by atoms with van der Waals surface area (Å²) in [4.78, 5) is 14.1. The molecule has 0 saturated carbocycles. The van der Waals surface area contributed by atoms with Crippen LogP contribution in [0.2, 0.25) is 0 Å². The minimum atomic E-state index is 0.165. The number of aromatic nitrogens is 5. The van der Waals surface area contributed by atoms with Gasteiger partial charge >= 0.3 is 0 Å². The highest BCUT2D eigenvalue weighted by molar-refractivity contribution is 5.80. The molecule has 0 radical (unpaired) electrons. The van der Waals surface area contributed by atoms with Crippen LogP contribution in [0.1, 0.15) is 44.6 Å². The van der Waals surface area contributed by atoms with Gasteiger partial charge < -0.3 is 10.6 Å². The highest BCUT2D eigenvalue weighted by Crippen LogP contribution is 2.27. The summed E-state index contributed by atoms with van der Waals surface area (Å²) < 4.78 is 1.76. The lowest BCUT2D eigenvalue weighted by Crippen LogP contribution is -2.23. The maximum absolute atomic E-state index is 4.77. The van der Waals surface area contributed by atoms with Crippen molar-refractivity contribution in [1.82, 2.24) is 29.9 Å². The van der Waals surface area contributed by atoms with Crippen molar-refractivity contribution in [3.05, 3.63) is 53.8 Å². The molecule has 1 aliphatic rings. The number of nitrogens with one attached hydrogen (secondary N) is 2. The van der Waals surface area contributed by atoms with Gasteiger partial charge in [-0.15, -0.1) is 0 Å². The van der Waals surface area contributed by atoms with Crippen LogP contribution in [-0.4, -0.2) is 37.2 Å². The van der Waals surface area contributed by atoms with E-state index in [0.717, 1.165) is 34.7 Å². The molecule has 0 amide bonds. The highest BCUT2D eigenvalue weighted by atomic mass is 15.2. The summed E-state index contributed by atoms with van der Waals surface area (Å²) in [6.45, 7) is 10.2. The predicted octanol–water partition coefficient (Wildman–Crippen LogP) is 2.90. The van der Waals surface area contributed by atoms with E-state index in [0.29, 0.717) is 12.5 Å². The Kier molecular flexibility index (Phi) is 4.39. The van der Waals surface area contributed by atoms with Crippen LogP contribution in [0.25, 0.3) is 11.2 Å². The van der Waals surface area contributed by atoms with Crippen molar-refractivity contribution in [3.8, 4) is 0 Å². The molecule has 0 unspecified atom stereocenters. The number of fused-ring (bicyclic) bond motifs is 2.